The predicted octanol–water partition coefficient (Wildman–Crippen LogP) is 4.10. The Morgan fingerprint density at radius 1 is 1.11 bits per heavy atom. The third kappa shape index (κ3) is 4.47. The molecule has 1 fully saturated rings. The summed E-state index contributed by atoms with van der Waals surface area (Å²) in [5.74, 6) is 1.54. The molecule has 35 heavy (non-hydrogen) atoms. The summed E-state index contributed by atoms with van der Waals surface area (Å²) in [6, 6.07) is 11.8. The van der Waals surface area contributed by atoms with Crippen molar-refractivity contribution in [2.24, 2.45) is 0 Å². The van der Waals surface area contributed by atoms with E-state index < -0.39 is 5.63 Å². The number of piperazine rings is 1. The van der Waals surface area contributed by atoms with Gasteiger partial charge in [0.2, 0.25) is 5.91 Å². The summed E-state index contributed by atoms with van der Waals surface area (Å²) in [5.41, 5.74) is 3.20. The molecule has 0 spiro atoms. The zero-order chi connectivity index (χ0) is 24.7. The molecule has 1 amide bonds. The Labute approximate surface area is 205 Å². The molecule has 0 atom stereocenters. The number of methoxy groups -OCH3 is 1. The topological polar surface area (TPSA) is 72.2 Å². The van der Waals surface area contributed by atoms with Crippen LogP contribution in [0.15, 0.2) is 45.6 Å². The highest BCUT2D eigenvalue weighted by Crippen LogP contribution is 2.37. The Morgan fingerprint density at radius 2 is 1.86 bits per heavy atom. The average Bonchev–Trinajstić information content (AvgIpc) is 2.85. The Kier molecular flexibility index (Phi) is 5.95. The summed E-state index contributed by atoms with van der Waals surface area (Å²) in [4.78, 5) is 30.1. The zero-order valence-electron chi connectivity index (χ0n) is 20.8. The average molecular weight is 477 g/mol. The molecular weight excluding hydrogens is 444 g/mol. The van der Waals surface area contributed by atoms with Crippen molar-refractivity contribution in [1.29, 1.82) is 0 Å². The number of hydrogen-bond donors (Lipinski definition) is 0. The van der Waals surface area contributed by atoms with Gasteiger partial charge in [0.25, 0.3) is 0 Å². The minimum absolute atomic E-state index is 0.0411. The second-order valence-corrected chi connectivity index (χ2v) is 10.0. The van der Waals surface area contributed by atoms with E-state index in [0.717, 1.165) is 46.5 Å². The van der Waals surface area contributed by atoms with Gasteiger partial charge in [-0.1, -0.05) is 12.1 Å². The summed E-state index contributed by atoms with van der Waals surface area (Å²) >= 11 is 0. The predicted molar refractivity (Wildman–Crippen MR) is 136 cm³/mol. The standard InChI is InChI=1S/C28H32N2O5/c1-18-20-15-19-9-10-28(2,3)35-24(19)17-25(20)34-27(32)21(18)16-26(31)30-13-11-29(12-14-30)22-7-5-6-8-23(22)33-4/h5-8,15,17H,9-14,16H2,1-4H3. The Hall–Kier alpha value is -3.48. The molecule has 3 heterocycles. The summed E-state index contributed by atoms with van der Waals surface area (Å²) in [6.07, 6.45) is 1.87. The molecular formula is C28H32N2O5. The van der Waals surface area contributed by atoms with Gasteiger partial charge < -0.3 is 23.7 Å². The number of nitrogens with zero attached hydrogens (tertiary/aromatic N) is 2. The minimum atomic E-state index is -0.453. The van der Waals surface area contributed by atoms with Crippen LogP contribution in [-0.4, -0.2) is 49.7 Å². The van der Waals surface area contributed by atoms with E-state index in [-0.39, 0.29) is 17.9 Å². The largest absolute Gasteiger partial charge is 0.495 e. The summed E-state index contributed by atoms with van der Waals surface area (Å²) in [7, 11) is 1.67. The number of amides is 1. The molecule has 0 saturated carbocycles. The second-order valence-electron chi connectivity index (χ2n) is 10.0. The van der Waals surface area contributed by atoms with E-state index >= 15 is 0 Å². The molecule has 1 saturated heterocycles. The molecule has 184 valence electrons. The lowest BCUT2D eigenvalue weighted by Gasteiger charge is -2.36. The first kappa shape index (κ1) is 23.3. The maximum Gasteiger partial charge on any atom is 0.340 e. The van der Waals surface area contributed by atoms with Crippen LogP contribution in [0.5, 0.6) is 11.5 Å². The van der Waals surface area contributed by atoms with Crippen molar-refractivity contribution in [1.82, 2.24) is 4.90 Å². The van der Waals surface area contributed by atoms with Gasteiger partial charge in [-0.05, 0) is 62.9 Å². The van der Waals surface area contributed by atoms with Crippen LogP contribution in [-0.2, 0) is 17.6 Å². The van der Waals surface area contributed by atoms with Crippen molar-refractivity contribution in [3.05, 3.63) is 63.5 Å². The molecule has 0 radical (unpaired) electrons. The van der Waals surface area contributed by atoms with E-state index in [1.807, 2.05) is 42.2 Å². The number of carbonyl (C=O) groups is 1. The molecule has 1 aromatic heterocycles. The number of hydrogen-bond acceptors (Lipinski definition) is 6. The molecule has 7 heteroatoms. The van der Waals surface area contributed by atoms with Crippen LogP contribution < -0.4 is 20.0 Å². The third-order valence-electron chi connectivity index (χ3n) is 7.24. The van der Waals surface area contributed by atoms with E-state index in [9.17, 15) is 9.59 Å². The fraction of sp³-hybridized carbons (Fsp3) is 0.429. The highest BCUT2D eigenvalue weighted by atomic mass is 16.5. The molecule has 2 aliphatic rings. The van der Waals surface area contributed by atoms with E-state index in [1.165, 1.54) is 0 Å². The number of benzene rings is 2. The molecule has 5 rings (SSSR count). The van der Waals surface area contributed by atoms with Crippen molar-refractivity contribution in [2.45, 2.75) is 45.6 Å². The lowest BCUT2D eigenvalue weighted by Crippen LogP contribution is -2.49. The number of aryl methyl sites for hydroxylation is 2. The van der Waals surface area contributed by atoms with Crippen LogP contribution in [0.1, 0.15) is 37.0 Å². The van der Waals surface area contributed by atoms with E-state index in [2.05, 4.69) is 24.8 Å². The van der Waals surface area contributed by atoms with Gasteiger partial charge in [0, 0.05) is 37.6 Å². The fourth-order valence-electron chi connectivity index (χ4n) is 5.09. The Morgan fingerprint density at radius 3 is 2.60 bits per heavy atom. The van der Waals surface area contributed by atoms with Crippen LogP contribution in [0.2, 0.25) is 0 Å². The first-order valence-electron chi connectivity index (χ1n) is 12.2. The van der Waals surface area contributed by atoms with Gasteiger partial charge in [-0.15, -0.1) is 0 Å². The zero-order valence-corrected chi connectivity index (χ0v) is 20.8. The molecule has 0 N–H and O–H groups in total. The number of rotatable bonds is 4. The van der Waals surface area contributed by atoms with Gasteiger partial charge in [-0.3, -0.25) is 4.79 Å². The van der Waals surface area contributed by atoms with E-state index in [1.54, 1.807) is 7.11 Å². The molecule has 3 aromatic rings. The molecule has 0 unspecified atom stereocenters. The second kappa shape index (κ2) is 8.95. The molecule has 7 nitrogen and oxygen atoms in total. The maximum atomic E-state index is 13.2. The number of fused-ring (bicyclic) bond motifs is 2. The quantitative estimate of drug-likeness (QED) is 0.528. The van der Waals surface area contributed by atoms with E-state index in [4.69, 9.17) is 13.9 Å². The van der Waals surface area contributed by atoms with Crippen LogP contribution in [0.3, 0.4) is 0 Å². The first-order valence-corrected chi connectivity index (χ1v) is 12.2. The molecule has 2 aromatic carbocycles. The maximum absolute atomic E-state index is 13.2. The van der Waals surface area contributed by atoms with Gasteiger partial charge in [0.05, 0.1) is 24.8 Å². The van der Waals surface area contributed by atoms with Crippen molar-refractivity contribution < 1.29 is 18.7 Å². The normalized spacial score (nSPS) is 17.1. The van der Waals surface area contributed by atoms with Crippen molar-refractivity contribution >= 4 is 22.6 Å². The lowest BCUT2D eigenvalue weighted by atomic mass is 9.92. The Balaban J connectivity index is 1.33. The summed E-state index contributed by atoms with van der Waals surface area (Å²) < 4.78 is 17.3. The molecule has 0 aliphatic carbocycles. The first-order chi connectivity index (χ1) is 16.8. The van der Waals surface area contributed by atoms with Crippen LogP contribution >= 0.6 is 0 Å². The summed E-state index contributed by atoms with van der Waals surface area (Å²) in [6.45, 7) is 8.63. The van der Waals surface area contributed by atoms with Crippen molar-refractivity contribution in [3.8, 4) is 11.5 Å². The molecule has 2 aliphatic heterocycles. The number of anilines is 1. The van der Waals surface area contributed by atoms with Crippen molar-refractivity contribution in [2.75, 3.05) is 38.2 Å². The number of carbonyl (C=O) groups excluding carboxylic acids is 1. The van der Waals surface area contributed by atoms with Gasteiger partial charge in [0.1, 0.15) is 22.7 Å². The van der Waals surface area contributed by atoms with Crippen LogP contribution in [0.25, 0.3) is 11.0 Å². The summed E-state index contributed by atoms with van der Waals surface area (Å²) in [5, 5.41) is 0.871. The fourth-order valence-corrected chi connectivity index (χ4v) is 5.09. The number of para-hydroxylation sites is 2. The van der Waals surface area contributed by atoms with E-state index in [0.29, 0.717) is 37.3 Å². The monoisotopic (exact) mass is 476 g/mol. The number of ether oxygens (including phenoxy) is 2. The highest BCUT2D eigenvalue weighted by molar-refractivity contribution is 5.86. The van der Waals surface area contributed by atoms with Crippen LogP contribution in [0.4, 0.5) is 5.69 Å². The minimum Gasteiger partial charge on any atom is -0.495 e. The molecule has 0 bridgehead atoms. The Bertz CT molecular complexity index is 1340. The third-order valence-corrected chi connectivity index (χ3v) is 7.24. The lowest BCUT2D eigenvalue weighted by molar-refractivity contribution is -0.130. The SMILES string of the molecule is COc1ccccc1N1CCN(C(=O)Cc2c(C)c3cc4c(cc3oc2=O)OC(C)(C)CC4)CC1. The van der Waals surface area contributed by atoms with Crippen LogP contribution in [0, 0.1) is 6.92 Å². The van der Waals surface area contributed by atoms with Gasteiger partial charge in [-0.2, -0.15) is 0 Å². The van der Waals surface area contributed by atoms with Gasteiger partial charge >= 0.3 is 5.63 Å². The highest BCUT2D eigenvalue weighted by Gasteiger charge is 2.29. The van der Waals surface area contributed by atoms with Gasteiger partial charge in [-0.25, -0.2) is 4.79 Å². The smallest absolute Gasteiger partial charge is 0.340 e. The van der Waals surface area contributed by atoms with Gasteiger partial charge in [0.15, 0.2) is 0 Å². The van der Waals surface area contributed by atoms with Crippen molar-refractivity contribution in [3.63, 3.8) is 0 Å².